The van der Waals surface area contributed by atoms with E-state index in [2.05, 4.69) is 15.9 Å². The predicted molar refractivity (Wildman–Crippen MR) is 101 cm³/mol. The third-order valence-corrected chi connectivity index (χ3v) is 5.25. The molecule has 5 nitrogen and oxygen atoms in total. The molecule has 1 aliphatic heterocycles. The van der Waals surface area contributed by atoms with Crippen LogP contribution in [0.3, 0.4) is 0 Å². The molecule has 0 radical (unpaired) electrons. The molecule has 1 atom stereocenters. The molecule has 3 aromatic rings. The lowest BCUT2D eigenvalue weighted by atomic mass is 10.1. The molecule has 0 saturated carbocycles. The number of ether oxygens (including phenoxy) is 1. The summed E-state index contributed by atoms with van der Waals surface area (Å²) in [7, 11) is 1.33. The number of fused-ring (bicyclic) bond motifs is 2. The van der Waals surface area contributed by atoms with E-state index in [0.29, 0.717) is 17.7 Å². The second-order valence-corrected chi connectivity index (χ2v) is 7.16. The molecule has 0 spiro atoms. The van der Waals surface area contributed by atoms with Crippen molar-refractivity contribution in [3.05, 3.63) is 63.8 Å². The van der Waals surface area contributed by atoms with Crippen LogP contribution in [0.25, 0.3) is 11.0 Å². The second-order valence-electron chi connectivity index (χ2n) is 6.24. The highest BCUT2D eigenvalue weighted by atomic mass is 79.9. The van der Waals surface area contributed by atoms with Crippen LogP contribution in [0.1, 0.15) is 21.7 Å². The minimum Gasteiger partial charge on any atom is -0.467 e. The van der Waals surface area contributed by atoms with Gasteiger partial charge in [0.15, 0.2) is 5.76 Å². The van der Waals surface area contributed by atoms with Crippen molar-refractivity contribution in [1.29, 1.82) is 0 Å². The molecule has 0 fully saturated rings. The van der Waals surface area contributed by atoms with Crippen molar-refractivity contribution in [1.82, 2.24) is 0 Å². The molecule has 1 unspecified atom stereocenters. The van der Waals surface area contributed by atoms with Crippen molar-refractivity contribution in [3.63, 3.8) is 0 Å². The Kier molecular flexibility index (Phi) is 4.07. The van der Waals surface area contributed by atoms with Crippen LogP contribution in [-0.2, 0) is 16.0 Å². The Labute approximate surface area is 158 Å². The average molecular weight is 414 g/mol. The summed E-state index contributed by atoms with van der Waals surface area (Å²) in [6, 6.07) is 12.4. The van der Waals surface area contributed by atoms with Gasteiger partial charge < -0.3 is 9.15 Å². The lowest BCUT2D eigenvalue weighted by molar-refractivity contribution is -0.141. The van der Waals surface area contributed by atoms with E-state index in [1.807, 2.05) is 49.4 Å². The van der Waals surface area contributed by atoms with Crippen LogP contribution < -0.4 is 4.90 Å². The van der Waals surface area contributed by atoms with Crippen LogP contribution in [0.4, 0.5) is 5.69 Å². The minimum absolute atomic E-state index is 0.240. The maximum absolute atomic E-state index is 13.3. The summed E-state index contributed by atoms with van der Waals surface area (Å²) < 4.78 is 11.7. The van der Waals surface area contributed by atoms with Crippen molar-refractivity contribution in [2.24, 2.45) is 0 Å². The summed E-state index contributed by atoms with van der Waals surface area (Å²) in [5, 5.41) is 0.866. The molecular formula is C20H16BrNO4. The molecule has 132 valence electrons. The third kappa shape index (κ3) is 2.52. The molecule has 2 heterocycles. The van der Waals surface area contributed by atoms with Crippen molar-refractivity contribution >= 4 is 44.5 Å². The van der Waals surface area contributed by atoms with Gasteiger partial charge in [-0.3, -0.25) is 9.69 Å². The molecule has 4 rings (SSSR count). The Hall–Kier alpha value is -2.60. The quantitative estimate of drug-likeness (QED) is 0.589. The van der Waals surface area contributed by atoms with Gasteiger partial charge in [-0.1, -0.05) is 34.1 Å². The molecule has 26 heavy (non-hydrogen) atoms. The number of amides is 1. The fourth-order valence-corrected chi connectivity index (χ4v) is 3.83. The highest BCUT2D eigenvalue weighted by molar-refractivity contribution is 9.10. The van der Waals surface area contributed by atoms with Gasteiger partial charge in [0, 0.05) is 27.5 Å². The maximum Gasteiger partial charge on any atom is 0.329 e. The largest absolute Gasteiger partial charge is 0.467 e. The van der Waals surface area contributed by atoms with Crippen molar-refractivity contribution in [2.75, 3.05) is 12.0 Å². The van der Waals surface area contributed by atoms with Crippen LogP contribution in [-0.4, -0.2) is 25.0 Å². The van der Waals surface area contributed by atoms with Gasteiger partial charge in [0.1, 0.15) is 11.6 Å². The monoisotopic (exact) mass is 413 g/mol. The zero-order chi connectivity index (χ0) is 18.4. The molecular weight excluding hydrogens is 398 g/mol. The fraction of sp³-hybridized carbons (Fsp3) is 0.200. The first-order valence-corrected chi connectivity index (χ1v) is 8.98. The summed E-state index contributed by atoms with van der Waals surface area (Å²) in [6.45, 7) is 1.85. The standard InChI is InChI=1S/C20H16BrNO4/c1-11-14-10-13(21)7-8-17(14)26-18(11)19(23)22-15-6-4-3-5-12(15)9-16(22)20(24)25-2/h3-8,10,16H,9H2,1-2H3. The van der Waals surface area contributed by atoms with Crippen molar-refractivity contribution < 1.29 is 18.7 Å². The molecule has 2 aromatic carbocycles. The first-order chi connectivity index (χ1) is 12.5. The number of carbonyl (C=O) groups is 2. The molecule has 0 saturated heterocycles. The Bertz CT molecular complexity index is 1040. The van der Waals surface area contributed by atoms with Gasteiger partial charge in [-0.15, -0.1) is 0 Å². The van der Waals surface area contributed by atoms with Crippen LogP contribution in [0.15, 0.2) is 51.4 Å². The molecule has 6 heteroatoms. The molecule has 0 N–H and O–H groups in total. The molecule has 0 aliphatic carbocycles. The fourth-order valence-electron chi connectivity index (χ4n) is 3.47. The summed E-state index contributed by atoms with van der Waals surface area (Å²) >= 11 is 3.44. The Morgan fingerprint density at radius 2 is 2.00 bits per heavy atom. The van der Waals surface area contributed by atoms with Gasteiger partial charge in [0.2, 0.25) is 0 Å². The number of para-hydroxylation sites is 1. The van der Waals surface area contributed by atoms with E-state index in [9.17, 15) is 9.59 Å². The highest BCUT2D eigenvalue weighted by Gasteiger charge is 2.41. The third-order valence-electron chi connectivity index (χ3n) is 4.76. The first kappa shape index (κ1) is 16.8. The van der Waals surface area contributed by atoms with Crippen molar-refractivity contribution in [3.8, 4) is 0 Å². The smallest absolute Gasteiger partial charge is 0.329 e. The lowest BCUT2D eigenvalue weighted by Gasteiger charge is -2.23. The number of esters is 1. The topological polar surface area (TPSA) is 59.8 Å². The average Bonchev–Trinajstić information content (AvgIpc) is 3.19. The zero-order valence-corrected chi connectivity index (χ0v) is 15.9. The Morgan fingerprint density at radius 1 is 1.23 bits per heavy atom. The number of aryl methyl sites for hydroxylation is 1. The normalized spacial score (nSPS) is 16.0. The number of carbonyl (C=O) groups excluding carboxylic acids is 2. The van der Waals surface area contributed by atoms with E-state index < -0.39 is 12.0 Å². The number of hydrogen-bond donors (Lipinski definition) is 0. The van der Waals surface area contributed by atoms with Crippen LogP contribution in [0, 0.1) is 6.92 Å². The van der Waals surface area contributed by atoms with Crippen LogP contribution in [0.5, 0.6) is 0 Å². The number of anilines is 1. The molecule has 1 amide bonds. The predicted octanol–water partition coefficient (Wildman–Crippen LogP) is 4.25. The number of rotatable bonds is 2. The zero-order valence-electron chi connectivity index (χ0n) is 14.3. The summed E-state index contributed by atoms with van der Waals surface area (Å²) in [5.74, 6) is -0.537. The Morgan fingerprint density at radius 3 is 2.77 bits per heavy atom. The lowest BCUT2D eigenvalue weighted by Crippen LogP contribution is -2.43. The molecule has 1 aliphatic rings. The van der Waals surface area contributed by atoms with Gasteiger partial charge in [0.25, 0.3) is 5.91 Å². The van der Waals surface area contributed by atoms with E-state index in [1.165, 1.54) is 12.0 Å². The number of benzene rings is 2. The van der Waals surface area contributed by atoms with Crippen LogP contribution >= 0.6 is 15.9 Å². The molecule has 1 aromatic heterocycles. The summed E-state index contributed by atoms with van der Waals surface area (Å²) in [6.07, 6.45) is 0.430. The van der Waals surface area contributed by atoms with E-state index in [0.717, 1.165) is 21.0 Å². The number of nitrogens with zero attached hydrogens (tertiary/aromatic N) is 1. The van der Waals surface area contributed by atoms with Gasteiger partial charge in [-0.2, -0.15) is 0 Å². The number of methoxy groups -OCH3 is 1. The van der Waals surface area contributed by atoms with E-state index >= 15 is 0 Å². The van der Waals surface area contributed by atoms with Crippen molar-refractivity contribution in [2.45, 2.75) is 19.4 Å². The van der Waals surface area contributed by atoms with Gasteiger partial charge in [0.05, 0.1) is 7.11 Å². The highest BCUT2D eigenvalue weighted by Crippen LogP contribution is 2.36. The number of halogens is 1. The summed E-state index contributed by atoms with van der Waals surface area (Å²) in [4.78, 5) is 27.1. The maximum atomic E-state index is 13.3. The second kappa shape index (κ2) is 6.29. The van der Waals surface area contributed by atoms with Gasteiger partial charge in [-0.25, -0.2) is 4.79 Å². The first-order valence-electron chi connectivity index (χ1n) is 8.19. The van der Waals surface area contributed by atoms with Crippen LogP contribution in [0.2, 0.25) is 0 Å². The van der Waals surface area contributed by atoms with E-state index in [1.54, 1.807) is 0 Å². The Balaban J connectivity index is 1.83. The molecule has 0 bridgehead atoms. The SMILES string of the molecule is COC(=O)C1Cc2ccccc2N1C(=O)c1oc2ccc(Br)cc2c1C. The van der Waals surface area contributed by atoms with Gasteiger partial charge >= 0.3 is 5.97 Å². The number of hydrogen-bond acceptors (Lipinski definition) is 4. The van der Waals surface area contributed by atoms with E-state index in [4.69, 9.17) is 9.15 Å². The van der Waals surface area contributed by atoms with Gasteiger partial charge in [-0.05, 0) is 36.8 Å². The van der Waals surface area contributed by atoms with E-state index in [-0.39, 0.29) is 11.7 Å². The number of furan rings is 1. The summed E-state index contributed by atoms with van der Waals surface area (Å²) in [5.41, 5.74) is 3.04. The minimum atomic E-state index is -0.691.